The summed E-state index contributed by atoms with van der Waals surface area (Å²) >= 11 is 0. The number of hydrogen-bond donors (Lipinski definition) is 1. The Morgan fingerprint density at radius 3 is 2.94 bits per heavy atom. The van der Waals surface area contributed by atoms with Gasteiger partial charge in [0.25, 0.3) is 0 Å². The Hall–Kier alpha value is -0.940. The zero-order chi connectivity index (χ0) is 11.6. The first-order valence-corrected chi connectivity index (χ1v) is 5.83. The molecule has 1 saturated heterocycles. The lowest BCUT2D eigenvalue weighted by molar-refractivity contribution is -0.0770. The molecule has 1 aromatic rings. The van der Waals surface area contributed by atoms with Crippen LogP contribution in [0.3, 0.4) is 0 Å². The van der Waals surface area contributed by atoms with E-state index in [1.54, 1.807) is 0 Å². The van der Waals surface area contributed by atoms with Crippen molar-refractivity contribution < 1.29 is 9.26 Å². The van der Waals surface area contributed by atoms with Crippen molar-refractivity contribution in [2.75, 3.05) is 6.61 Å². The molecule has 0 radical (unpaired) electrons. The lowest BCUT2D eigenvalue weighted by Crippen LogP contribution is -2.31. The van der Waals surface area contributed by atoms with Gasteiger partial charge in [0.2, 0.25) is 11.7 Å². The summed E-state index contributed by atoms with van der Waals surface area (Å²) < 4.78 is 10.9. The van der Waals surface area contributed by atoms with E-state index in [9.17, 15) is 0 Å². The van der Waals surface area contributed by atoms with Gasteiger partial charge in [0, 0.05) is 19.1 Å². The molecule has 2 heterocycles. The molecular formula is C11H19N3O2. The first-order valence-electron chi connectivity index (χ1n) is 5.83. The fourth-order valence-corrected chi connectivity index (χ4v) is 1.94. The van der Waals surface area contributed by atoms with E-state index in [-0.39, 0.29) is 11.6 Å². The number of hydrogen-bond acceptors (Lipinski definition) is 5. The number of ether oxygens (including phenoxy) is 1. The predicted octanol–water partition coefficient (Wildman–Crippen LogP) is 1.38. The van der Waals surface area contributed by atoms with Gasteiger partial charge in [-0.15, -0.1) is 0 Å². The van der Waals surface area contributed by atoms with Crippen LogP contribution in [0.15, 0.2) is 4.52 Å². The van der Waals surface area contributed by atoms with Gasteiger partial charge in [0.1, 0.15) is 5.60 Å². The van der Waals surface area contributed by atoms with Gasteiger partial charge in [-0.2, -0.15) is 4.98 Å². The highest BCUT2D eigenvalue weighted by Crippen LogP contribution is 2.32. The third-order valence-electron chi connectivity index (χ3n) is 2.91. The van der Waals surface area contributed by atoms with E-state index in [4.69, 9.17) is 15.0 Å². The minimum atomic E-state index is -0.377. The van der Waals surface area contributed by atoms with Crippen molar-refractivity contribution in [2.45, 2.75) is 51.2 Å². The van der Waals surface area contributed by atoms with Crippen LogP contribution >= 0.6 is 0 Å². The molecule has 1 aliphatic rings. The number of rotatable bonds is 3. The Kier molecular flexibility index (Phi) is 3.25. The zero-order valence-electron chi connectivity index (χ0n) is 9.90. The quantitative estimate of drug-likeness (QED) is 0.841. The van der Waals surface area contributed by atoms with Gasteiger partial charge in [-0.3, -0.25) is 0 Å². The molecule has 0 aromatic carbocycles. The van der Waals surface area contributed by atoms with Gasteiger partial charge in [-0.25, -0.2) is 0 Å². The maximum Gasteiger partial charge on any atom is 0.228 e. The Morgan fingerprint density at radius 2 is 2.31 bits per heavy atom. The first-order chi connectivity index (χ1) is 7.60. The highest BCUT2D eigenvalue weighted by atomic mass is 16.5. The standard InChI is InChI=1S/C11H19N3O2/c1-8(12)7-9-13-10(14-16-9)11(2)5-3-4-6-15-11/h8H,3-7,12H2,1-2H3. The number of aromatic nitrogens is 2. The van der Waals surface area contributed by atoms with E-state index >= 15 is 0 Å². The monoisotopic (exact) mass is 225 g/mol. The van der Waals surface area contributed by atoms with E-state index < -0.39 is 0 Å². The van der Waals surface area contributed by atoms with Crippen molar-refractivity contribution in [3.05, 3.63) is 11.7 Å². The Labute approximate surface area is 95.3 Å². The van der Waals surface area contributed by atoms with E-state index in [0.717, 1.165) is 25.9 Å². The molecule has 1 aromatic heterocycles. The molecule has 1 aliphatic heterocycles. The molecule has 0 saturated carbocycles. The molecule has 5 heteroatoms. The smallest absolute Gasteiger partial charge is 0.228 e. The summed E-state index contributed by atoms with van der Waals surface area (Å²) in [6.45, 7) is 4.71. The third-order valence-corrected chi connectivity index (χ3v) is 2.91. The van der Waals surface area contributed by atoms with E-state index in [1.807, 2.05) is 13.8 Å². The fourth-order valence-electron chi connectivity index (χ4n) is 1.94. The fraction of sp³-hybridized carbons (Fsp3) is 0.818. The SMILES string of the molecule is CC(N)Cc1nc(C2(C)CCCCO2)no1. The molecule has 2 unspecified atom stereocenters. The molecule has 2 atom stereocenters. The van der Waals surface area contributed by atoms with Crippen LogP contribution in [0.25, 0.3) is 0 Å². The van der Waals surface area contributed by atoms with Gasteiger partial charge in [-0.1, -0.05) is 5.16 Å². The molecule has 0 bridgehead atoms. The molecular weight excluding hydrogens is 206 g/mol. The summed E-state index contributed by atoms with van der Waals surface area (Å²) in [6.07, 6.45) is 3.82. The molecule has 5 nitrogen and oxygen atoms in total. The molecule has 0 spiro atoms. The topological polar surface area (TPSA) is 74.2 Å². The van der Waals surface area contributed by atoms with Crippen molar-refractivity contribution in [2.24, 2.45) is 5.73 Å². The van der Waals surface area contributed by atoms with Crippen molar-refractivity contribution in [3.8, 4) is 0 Å². The number of nitrogens with two attached hydrogens (primary N) is 1. The zero-order valence-corrected chi connectivity index (χ0v) is 9.90. The van der Waals surface area contributed by atoms with Crippen LogP contribution in [-0.4, -0.2) is 22.8 Å². The van der Waals surface area contributed by atoms with Crippen LogP contribution in [0.1, 0.15) is 44.8 Å². The first kappa shape index (κ1) is 11.5. The van der Waals surface area contributed by atoms with Crippen molar-refractivity contribution >= 4 is 0 Å². The van der Waals surface area contributed by atoms with Crippen LogP contribution < -0.4 is 5.73 Å². The largest absolute Gasteiger partial charge is 0.367 e. The Morgan fingerprint density at radius 1 is 1.50 bits per heavy atom. The third kappa shape index (κ3) is 2.41. The minimum absolute atomic E-state index is 0.0355. The highest BCUT2D eigenvalue weighted by Gasteiger charge is 2.34. The minimum Gasteiger partial charge on any atom is -0.367 e. The van der Waals surface area contributed by atoms with Gasteiger partial charge in [0.05, 0.1) is 0 Å². The second-order valence-electron chi connectivity index (χ2n) is 4.73. The summed E-state index contributed by atoms with van der Waals surface area (Å²) in [4.78, 5) is 4.36. The summed E-state index contributed by atoms with van der Waals surface area (Å²) in [5, 5.41) is 4.00. The maximum atomic E-state index is 5.75. The van der Waals surface area contributed by atoms with E-state index in [2.05, 4.69) is 10.1 Å². The van der Waals surface area contributed by atoms with E-state index in [0.29, 0.717) is 18.1 Å². The Bertz CT molecular complexity index is 343. The van der Waals surface area contributed by atoms with Gasteiger partial charge in [-0.05, 0) is 33.1 Å². The van der Waals surface area contributed by atoms with Crippen LogP contribution in [0.5, 0.6) is 0 Å². The van der Waals surface area contributed by atoms with Gasteiger partial charge < -0.3 is 15.0 Å². The average molecular weight is 225 g/mol. The molecule has 0 aliphatic carbocycles. The Balaban J connectivity index is 2.10. The van der Waals surface area contributed by atoms with Crippen molar-refractivity contribution in [3.63, 3.8) is 0 Å². The predicted molar refractivity (Wildman–Crippen MR) is 58.8 cm³/mol. The lowest BCUT2D eigenvalue weighted by Gasteiger charge is -2.30. The number of nitrogens with zero attached hydrogens (tertiary/aromatic N) is 2. The van der Waals surface area contributed by atoms with Crippen LogP contribution in [0, 0.1) is 0 Å². The summed E-state index contributed by atoms with van der Waals surface area (Å²) in [5.41, 5.74) is 5.31. The average Bonchev–Trinajstić information content (AvgIpc) is 2.67. The van der Waals surface area contributed by atoms with E-state index in [1.165, 1.54) is 0 Å². The summed E-state index contributed by atoms with van der Waals surface area (Å²) in [5.74, 6) is 1.25. The van der Waals surface area contributed by atoms with Crippen LogP contribution in [0.4, 0.5) is 0 Å². The molecule has 90 valence electrons. The highest BCUT2D eigenvalue weighted by molar-refractivity contribution is 5.01. The van der Waals surface area contributed by atoms with Gasteiger partial charge in [0.15, 0.2) is 0 Å². The van der Waals surface area contributed by atoms with Crippen molar-refractivity contribution in [1.29, 1.82) is 0 Å². The second-order valence-corrected chi connectivity index (χ2v) is 4.73. The van der Waals surface area contributed by atoms with Gasteiger partial charge >= 0.3 is 0 Å². The second kappa shape index (κ2) is 4.51. The molecule has 1 fully saturated rings. The van der Waals surface area contributed by atoms with Crippen LogP contribution in [-0.2, 0) is 16.8 Å². The summed E-state index contributed by atoms with van der Waals surface area (Å²) in [6, 6.07) is 0.0355. The molecule has 16 heavy (non-hydrogen) atoms. The lowest BCUT2D eigenvalue weighted by atomic mass is 9.95. The van der Waals surface area contributed by atoms with Crippen molar-refractivity contribution in [1.82, 2.24) is 10.1 Å². The molecule has 2 N–H and O–H groups in total. The van der Waals surface area contributed by atoms with Crippen LogP contribution in [0.2, 0.25) is 0 Å². The maximum absolute atomic E-state index is 5.75. The molecule has 0 amide bonds. The molecule has 2 rings (SSSR count). The normalized spacial score (nSPS) is 27.9. The summed E-state index contributed by atoms with van der Waals surface area (Å²) in [7, 11) is 0.